The molecule has 1 aliphatic rings. The molecule has 0 radical (unpaired) electrons. The average molecular weight is 242 g/mol. The molecule has 0 aromatic heterocycles. The minimum atomic E-state index is 0. The molecule has 1 saturated heterocycles. The van der Waals surface area contributed by atoms with Crippen molar-refractivity contribution in [1.29, 1.82) is 0 Å². The summed E-state index contributed by atoms with van der Waals surface area (Å²) in [4.78, 5) is 0. The van der Waals surface area contributed by atoms with E-state index in [1.54, 1.807) is 0 Å². The Hall–Kier alpha value is -0.730. The normalized spacial score (nSPS) is 19.6. The number of nitrogens with one attached hydrogen (secondary N) is 1. The quantitative estimate of drug-likeness (QED) is 0.877. The van der Waals surface area contributed by atoms with Crippen molar-refractivity contribution < 1.29 is 4.74 Å². The second-order valence-corrected chi connectivity index (χ2v) is 4.38. The maximum Gasteiger partial charge on any atom is 0.119 e. The van der Waals surface area contributed by atoms with E-state index in [0.29, 0.717) is 6.04 Å². The fourth-order valence-electron chi connectivity index (χ4n) is 2.02. The average Bonchev–Trinajstić information content (AvgIpc) is 2.71. The third-order valence-corrected chi connectivity index (χ3v) is 2.71. The molecule has 1 heterocycles. The summed E-state index contributed by atoms with van der Waals surface area (Å²) in [6.07, 6.45) is 2.79. The number of ether oxygens (including phenoxy) is 1. The van der Waals surface area contributed by atoms with Crippen LogP contribution in [0.2, 0.25) is 0 Å². The monoisotopic (exact) mass is 241 g/mol. The van der Waals surface area contributed by atoms with Gasteiger partial charge in [-0.1, -0.05) is 12.1 Å². The second kappa shape index (κ2) is 6.12. The molecule has 0 saturated carbocycles. The molecular weight excluding hydrogens is 222 g/mol. The van der Waals surface area contributed by atoms with Crippen LogP contribution in [0.3, 0.4) is 0 Å². The number of hydrogen-bond donors (Lipinski definition) is 1. The van der Waals surface area contributed by atoms with Crippen LogP contribution in [0.15, 0.2) is 24.3 Å². The molecule has 90 valence electrons. The van der Waals surface area contributed by atoms with Crippen molar-refractivity contribution in [3.05, 3.63) is 29.8 Å². The lowest BCUT2D eigenvalue weighted by atomic mass is 10.1. The Bertz CT molecular complexity index is 304. The molecule has 1 aliphatic heterocycles. The summed E-state index contributed by atoms with van der Waals surface area (Å²) in [6.45, 7) is 5.24. The van der Waals surface area contributed by atoms with Crippen LogP contribution in [0, 0.1) is 0 Å². The van der Waals surface area contributed by atoms with Crippen molar-refractivity contribution in [1.82, 2.24) is 5.32 Å². The molecule has 3 heteroatoms. The lowest BCUT2D eigenvalue weighted by Gasteiger charge is -2.13. The molecule has 2 rings (SSSR count). The van der Waals surface area contributed by atoms with E-state index in [4.69, 9.17) is 4.74 Å². The van der Waals surface area contributed by atoms with E-state index in [2.05, 4.69) is 29.6 Å². The molecule has 2 nitrogen and oxygen atoms in total. The molecule has 0 aliphatic carbocycles. The van der Waals surface area contributed by atoms with E-state index in [1.807, 2.05) is 13.8 Å². The standard InChI is InChI=1S/C13H19NO.ClH/c1-10(2)15-12-7-5-11(6-8-12)13-4-3-9-14-13;/h5-8,10,13-14H,3-4,9H2,1-2H3;1H/t13-;/m1./s1. The zero-order valence-electron chi connectivity index (χ0n) is 9.90. The van der Waals surface area contributed by atoms with Gasteiger partial charge >= 0.3 is 0 Å². The van der Waals surface area contributed by atoms with Crippen molar-refractivity contribution >= 4 is 12.4 Å². The van der Waals surface area contributed by atoms with E-state index < -0.39 is 0 Å². The Morgan fingerprint density at radius 1 is 1.25 bits per heavy atom. The van der Waals surface area contributed by atoms with Crippen molar-refractivity contribution in [2.45, 2.75) is 38.8 Å². The Kier molecular flexibility index (Phi) is 5.10. The van der Waals surface area contributed by atoms with Crippen LogP contribution >= 0.6 is 12.4 Å². The molecule has 1 atom stereocenters. The lowest BCUT2D eigenvalue weighted by molar-refractivity contribution is 0.242. The first-order valence-corrected chi connectivity index (χ1v) is 5.76. The SMILES string of the molecule is CC(C)Oc1ccc([C@H]2CCCN2)cc1.Cl. The van der Waals surface area contributed by atoms with Crippen LogP contribution in [0.1, 0.15) is 38.3 Å². The summed E-state index contributed by atoms with van der Waals surface area (Å²) >= 11 is 0. The molecule has 0 bridgehead atoms. The minimum absolute atomic E-state index is 0. The van der Waals surface area contributed by atoms with Crippen LogP contribution in [-0.4, -0.2) is 12.6 Å². The molecule has 1 aromatic carbocycles. The van der Waals surface area contributed by atoms with Gasteiger partial charge in [0.05, 0.1) is 6.10 Å². The zero-order valence-corrected chi connectivity index (χ0v) is 10.7. The summed E-state index contributed by atoms with van der Waals surface area (Å²) in [7, 11) is 0. The predicted octanol–water partition coefficient (Wildman–Crippen LogP) is 3.32. The van der Waals surface area contributed by atoms with Gasteiger partial charge in [-0.05, 0) is 50.9 Å². The maximum absolute atomic E-state index is 5.61. The number of hydrogen-bond acceptors (Lipinski definition) is 2. The zero-order chi connectivity index (χ0) is 10.7. The van der Waals surface area contributed by atoms with E-state index in [1.165, 1.54) is 18.4 Å². The molecule has 1 aromatic rings. The Morgan fingerprint density at radius 2 is 1.94 bits per heavy atom. The predicted molar refractivity (Wildman–Crippen MR) is 69.4 cm³/mol. The molecule has 1 N–H and O–H groups in total. The number of benzene rings is 1. The number of halogens is 1. The van der Waals surface area contributed by atoms with E-state index in [9.17, 15) is 0 Å². The van der Waals surface area contributed by atoms with Gasteiger partial charge in [-0.3, -0.25) is 0 Å². The molecule has 0 amide bonds. The highest BCUT2D eigenvalue weighted by atomic mass is 35.5. The Morgan fingerprint density at radius 3 is 2.44 bits per heavy atom. The highest BCUT2D eigenvalue weighted by Crippen LogP contribution is 2.24. The Labute approximate surface area is 104 Å². The van der Waals surface area contributed by atoms with E-state index >= 15 is 0 Å². The van der Waals surface area contributed by atoms with Crippen molar-refractivity contribution in [3.63, 3.8) is 0 Å². The van der Waals surface area contributed by atoms with Crippen LogP contribution < -0.4 is 10.1 Å². The molecular formula is C13H20ClNO. The van der Waals surface area contributed by atoms with Gasteiger partial charge in [0.2, 0.25) is 0 Å². The topological polar surface area (TPSA) is 21.3 Å². The van der Waals surface area contributed by atoms with Crippen molar-refractivity contribution in [2.24, 2.45) is 0 Å². The van der Waals surface area contributed by atoms with E-state index in [-0.39, 0.29) is 18.5 Å². The summed E-state index contributed by atoms with van der Waals surface area (Å²) < 4.78 is 5.61. The minimum Gasteiger partial charge on any atom is -0.491 e. The smallest absolute Gasteiger partial charge is 0.119 e. The fourth-order valence-corrected chi connectivity index (χ4v) is 2.02. The van der Waals surface area contributed by atoms with Crippen LogP contribution in [0.4, 0.5) is 0 Å². The highest BCUT2D eigenvalue weighted by molar-refractivity contribution is 5.85. The number of rotatable bonds is 3. The second-order valence-electron chi connectivity index (χ2n) is 4.38. The van der Waals surface area contributed by atoms with Crippen molar-refractivity contribution in [2.75, 3.05) is 6.54 Å². The summed E-state index contributed by atoms with van der Waals surface area (Å²) in [6, 6.07) is 9.02. The first kappa shape index (κ1) is 13.3. The van der Waals surface area contributed by atoms with Gasteiger partial charge in [-0.2, -0.15) is 0 Å². The molecule has 0 spiro atoms. The first-order valence-electron chi connectivity index (χ1n) is 5.76. The fraction of sp³-hybridized carbons (Fsp3) is 0.538. The van der Waals surface area contributed by atoms with Gasteiger partial charge in [0.1, 0.15) is 5.75 Å². The van der Waals surface area contributed by atoms with Gasteiger partial charge in [0, 0.05) is 6.04 Å². The maximum atomic E-state index is 5.61. The highest BCUT2D eigenvalue weighted by Gasteiger charge is 2.15. The summed E-state index contributed by atoms with van der Waals surface area (Å²) in [5, 5.41) is 3.49. The van der Waals surface area contributed by atoms with Gasteiger partial charge < -0.3 is 10.1 Å². The van der Waals surface area contributed by atoms with Gasteiger partial charge in [-0.25, -0.2) is 0 Å². The third kappa shape index (κ3) is 3.39. The van der Waals surface area contributed by atoms with E-state index in [0.717, 1.165) is 12.3 Å². The molecule has 1 fully saturated rings. The first-order chi connectivity index (χ1) is 7.25. The lowest BCUT2D eigenvalue weighted by Crippen LogP contribution is -2.12. The van der Waals surface area contributed by atoms with Crippen LogP contribution in [0.25, 0.3) is 0 Å². The van der Waals surface area contributed by atoms with Crippen molar-refractivity contribution in [3.8, 4) is 5.75 Å². The third-order valence-electron chi connectivity index (χ3n) is 2.71. The largest absolute Gasteiger partial charge is 0.491 e. The van der Waals surface area contributed by atoms with Gasteiger partial charge in [0.15, 0.2) is 0 Å². The van der Waals surface area contributed by atoms with Crippen LogP contribution in [-0.2, 0) is 0 Å². The summed E-state index contributed by atoms with van der Waals surface area (Å²) in [5.41, 5.74) is 1.38. The van der Waals surface area contributed by atoms with Gasteiger partial charge in [-0.15, -0.1) is 12.4 Å². The molecule has 16 heavy (non-hydrogen) atoms. The Balaban J connectivity index is 0.00000128. The molecule has 0 unspecified atom stereocenters. The summed E-state index contributed by atoms with van der Waals surface area (Å²) in [5.74, 6) is 0.965. The van der Waals surface area contributed by atoms with Crippen LogP contribution in [0.5, 0.6) is 5.75 Å². The van der Waals surface area contributed by atoms with Gasteiger partial charge in [0.25, 0.3) is 0 Å².